The van der Waals surface area contributed by atoms with E-state index < -0.39 is 0 Å². The highest BCUT2D eigenvalue weighted by Crippen LogP contribution is 2.49. The average Bonchev–Trinajstić information content (AvgIpc) is 2.20. The van der Waals surface area contributed by atoms with E-state index in [1.165, 1.54) is 11.1 Å². The van der Waals surface area contributed by atoms with Crippen molar-refractivity contribution in [2.24, 2.45) is 5.73 Å². The molecule has 2 rings (SSSR count). The molecule has 2 N–H and O–H groups in total. The number of fused-ring (bicyclic) bond motifs is 1. The molecule has 0 aromatic heterocycles. The minimum Gasteiger partial charge on any atom is -0.496 e. The molecule has 0 aliphatic heterocycles. The second-order valence-corrected chi connectivity index (χ2v) is 4.48. The lowest BCUT2D eigenvalue weighted by atomic mass is 9.76. The number of hydrogen-bond acceptors (Lipinski definition) is 3. The summed E-state index contributed by atoms with van der Waals surface area (Å²) < 4.78 is 11.6. The molecule has 1 aromatic rings. The Labute approximate surface area is 114 Å². The predicted molar refractivity (Wildman–Crippen MR) is 73.1 cm³/mol. The molecule has 1 aliphatic carbocycles. The lowest BCUT2D eigenvalue weighted by Crippen LogP contribution is -2.26. The summed E-state index contributed by atoms with van der Waals surface area (Å²) >= 11 is 3.47. The standard InChI is InChI=1S/C11H14BrNO2.BrH/c1-14-9-4-8(12)11(15-2)7-3-6(5-13)10(7)9;/h4,6H,3,5,13H2,1-2H3;1H/t6-;/m0./s1. The lowest BCUT2D eigenvalue weighted by molar-refractivity contribution is 0.374. The van der Waals surface area contributed by atoms with Gasteiger partial charge in [-0.3, -0.25) is 0 Å². The van der Waals surface area contributed by atoms with Crippen LogP contribution < -0.4 is 15.2 Å². The molecule has 5 heteroatoms. The van der Waals surface area contributed by atoms with Crippen LogP contribution in [0, 0.1) is 0 Å². The van der Waals surface area contributed by atoms with Crippen LogP contribution in [0.3, 0.4) is 0 Å². The maximum atomic E-state index is 5.69. The molecule has 1 aromatic carbocycles. The summed E-state index contributed by atoms with van der Waals surface area (Å²) in [5, 5.41) is 0. The Morgan fingerprint density at radius 1 is 1.44 bits per heavy atom. The highest BCUT2D eigenvalue weighted by molar-refractivity contribution is 9.10. The molecule has 0 amide bonds. The number of hydrogen-bond donors (Lipinski definition) is 1. The summed E-state index contributed by atoms with van der Waals surface area (Å²) in [5.41, 5.74) is 8.12. The molecule has 0 fully saturated rings. The quantitative estimate of drug-likeness (QED) is 0.909. The number of benzene rings is 1. The van der Waals surface area contributed by atoms with Gasteiger partial charge in [0.2, 0.25) is 0 Å². The van der Waals surface area contributed by atoms with Gasteiger partial charge in [-0.15, -0.1) is 17.0 Å². The van der Waals surface area contributed by atoms with Gasteiger partial charge >= 0.3 is 0 Å². The van der Waals surface area contributed by atoms with Crippen molar-refractivity contribution >= 4 is 32.9 Å². The van der Waals surface area contributed by atoms with Gasteiger partial charge in [-0.1, -0.05) is 0 Å². The fourth-order valence-electron chi connectivity index (χ4n) is 2.13. The van der Waals surface area contributed by atoms with Crippen molar-refractivity contribution in [2.45, 2.75) is 12.3 Å². The Hall–Kier alpha value is -0.260. The van der Waals surface area contributed by atoms with Crippen LogP contribution >= 0.6 is 32.9 Å². The van der Waals surface area contributed by atoms with Crippen LogP contribution in [0.2, 0.25) is 0 Å². The van der Waals surface area contributed by atoms with Crippen molar-refractivity contribution in [1.82, 2.24) is 0 Å². The maximum Gasteiger partial charge on any atom is 0.136 e. The van der Waals surface area contributed by atoms with Crippen molar-refractivity contribution in [2.75, 3.05) is 20.8 Å². The largest absolute Gasteiger partial charge is 0.496 e. The molecule has 0 unspecified atom stereocenters. The number of rotatable bonds is 3. The minimum absolute atomic E-state index is 0. The van der Waals surface area contributed by atoms with Crippen LogP contribution in [-0.4, -0.2) is 20.8 Å². The van der Waals surface area contributed by atoms with Crippen LogP contribution in [0.15, 0.2) is 10.5 Å². The number of nitrogens with two attached hydrogens (primary N) is 1. The molecular formula is C11H15Br2NO2. The van der Waals surface area contributed by atoms with Crippen molar-refractivity contribution in [1.29, 1.82) is 0 Å². The van der Waals surface area contributed by atoms with Gasteiger partial charge in [0.15, 0.2) is 0 Å². The van der Waals surface area contributed by atoms with Gasteiger partial charge in [0.1, 0.15) is 11.5 Å². The van der Waals surface area contributed by atoms with Crippen LogP contribution in [0.25, 0.3) is 0 Å². The zero-order valence-corrected chi connectivity index (χ0v) is 12.5. The first kappa shape index (κ1) is 13.8. The third kappa shape index (κ3) is 1.96. The molecule has 1 aliphatic rings. The van der Waals surface area contributed by atoms with Gasteiger partial charge in [0, 0.05) is 17.0 Å². The predicted octanol–water partition coefficient (Wildman–Crippen LogP) is 2.64. The molecule has 1 atom stereocenters. The number of methoxy groups -OCH3 is 2. The molecule has 0 spiro atoms. The Kier molecular flexibility index (Phi) is 4.64. The first-order valence-corrected chi connectivity index (χ1v) is 5.65. The molecule has 0 bridgehead atoms. The SMILES string of the molecule is Br.COc1cc(Br)c(OC)c2c1[C@H](CN)C2. The van der Waals surface area contributed by atoms with E-state index in [9.17, 15) is 0 Å². The first-order valence-electron chi connectivity index (χ1n) is 4.86. The normalized spacial score (nSPS) is 16.9. The fourth-order valence-corrected chi connectivity index (χ4v) is 2.74. The van der Waals surface area contributed by atoms with Gasteiger partial charge in [0.25, 0.3) is 0 Å². The van der Waals surface area contributed by atoms with Gasteiger partial charge in [-0.05, 0) is 35.0 Å². The fraction of sp³-hybridized carbons (Fsp3) is 0.455. The van der Waals surface area contributed by atoms with Crippen molar-refractivity contribution in [3.8, 4) is 11.5 Å². The van der Waals surface area contributed by atoms with Crippen molar-refractivity contribution in [3.63, 3.8) is 0 Å². The molecule has 0 heterocycles. The van der Waals surface area contributed by atoms with E-state index in [2.05, 4.69) is 15.9 Å². The molecule has 16 heavy (non-hydrogen) atoms. The molecule has 0 saturated heterocycles. The smallest absolute Gasteiger partial charge is 0.136 e. The Balaban J connectivity index is 0.00000128. The number of ether oxygens (including phenoxy) is 2. The van der Waals surface area contributed by atoms with E-state index in [1.54, 1.807) is 14.2 Å². The highest BCUT2D eigenvalue weighted by Gasteiger charge is 2.33. The van der Waals surface area contributed by atoms with Crippen molar-refractivity contribution in [3.05, 3.63) is 21.7 Å². The summed E-state index contributed by atoms with van der Waals surface area (Å²) in [5.74, 6) is 2.23. The third-order valence-corrected chi connectivity index (χ3v) is 3.50. The molecule has 0 radical (unpaired) electrons. The monoisotopic (exact) mass is 351 g/mol. The Morgan fingerprint density at radius 3 is 2.62 bits per heavy atom. The van der Waals surface area contributed by atoms with E-state index in [4.69, 9.17) is 15.2 Å². The lowest BCUT2D eigenvalue weighted by Gasteiger charge is -2.33. The summed E-state index contributed by atoms with van der Waals surface area (Å²) in [7, 11) is 3.36. The van der Waals surface area contributed by atoms with Gasteiger partial charge in [-0.25, -0.2) is 0 Å². The maximum absolute atomic E-state index is 5.69. The van der Waals surface area contributed by atoms with E-state index in [1.807, 2.05) is 6.07 Å². The van der Waals surface area contributed by atoms with E-state index >= 15 is 0 Å². The molecule has 90 valence electrons. The third-order valence-electron chi connectivity index (χ3n) is 2.91. The zero-order valence-electron chi connectivity index (χ0n) is 9.25. The summed E-state index contributed by atoms with van der Waals surface area (Å²) in [6.07, 6.45) is 0.977. The van der Waals surface area contributed by atoms with E-state index in [-0.39, 0.29) is 17.0 Å². The number of halogens is 2. The molecule has 0 saturated carbocycles. The minimum atomic E-state index is 0. The van der Waals surface area contributed by atoms with Crippen LogP contribution in [-0.2, 0) is 6.42 Å². The van der Waals surface area contributed by atoms with Gasteiger partial charge in [-0.2, -0.15) is 0 Å². The first-order chi connectivity index (χ1) is 7.22. The molecular weight excluding hydrogens is 338 g/mol. The second kappa shape index (κ2) is 5.38. The van der Waals surface area contributed by atoms with Crippen molar-refractivity contribution < 1.29 is 9.47 Å². The highest BCUT2D eigenvalue weighted by atomic mass is 79.9. The zero-order chi connectivity index (χ0) is 11.0. The summed E-state index contributed by atoms with van der Waals surface area (Å²) in [6.45, 7) is 0.661. The Morgan fingerprint density at radius 2 is 2.12 bits per heavy atom. The topological polar surface area (TPSA) is 44.5 Å². The van der Waals surface area contributed by atoms with Gasteiger partial charge < -0.3 is 15.2 Å². The second-order valence-electron chi connectivity index (χ2n) is 3.62. The van der Waals surface area contributed by atoms with Gasteiger partial charge in [0.05, 0.1) is 18.7 Å². The van der Waals surface area contributed by atoms with Crippen LogP contribution in [0.1, 0.15) is 17.0 Å². The van der Waals surface area contributed by atoms with E-state index in [0.29, 0.717) is 12.5 Å². The summed E-state index contributed by atoms with van der Waals surface area (Å²) in [4.78, 5) is 0. The average molecular weight is 353 g/mol. The van der Waals surface area contributed by atoms with Crippen LogP contribution in [0.5, 0.6) is 11.5 Å². The Bertz CT molecular complexity index is 396. The van der Waals surface area contributed by atoms with E-state index in [0.717, 1.165) is 22.4 Å². The summed E-state index contributed by atoms with van der Waals surface area (Å²) in [6, 6.07) is 1.94. The van der Waals surface area contributed by atoms with Crippen LogP contribution in [0.4, 0.5) is 0 Å². The molecule has 3 nitrogen and oxygen atoms in total.